The van der Waals surface area contributed by atoms with Crippen molar-refractivity contribution in [1.82, 2.24) is 15.0 Å². The Morgan fingerprint density at radius 3 is 2.87 bits per heavy atom. The second-order valence-corrected chi connectivity index (χ2v) is 3.80. The number of rotatable bonds is 2. The number of nitrogens with two attached hydrogens (primary N) is 1. The van der Waals surface area contributed by atoms with Crippen molar-refractivity contribution in [1.29, 1.82) is 0 Å². The van der Waals surface area contributed by atoms with Crippen molar-refractivity contribution in [3.05, 3.63) is 40.5 Å². The van der Waals surface area contributed by atoms with E-state index in [4.69, 9.17) is 17.3 Å². The van der Waals surface area contributed by atoms with E-state index in [-0.39, 0.29) is 0 Å². The van der Waals surface area contributed by atoms with E-state index in [0.29, 0.717) is 12.4 Å². The lowest BCUT2D eigenvalue weighted by Gasteiger charge is -2.04. The second-order valence-electron chi connectivity index (χ2n) is 3.39. The maximum atomic E-state index is 6.09. The van der Waals surface area contributed by atoms with Gasteiger partial charge in [-0.25, -0.2) is 0 Å². The first-order chi connectivity index (χ1) is 7.15. The maximum absolute atomic E-state index is 6.09. The van der Waals surface area contributed by atoms with Crippen molar-refractivity contribution in [2.45, 2.75) is 13.5 Å². The van der Waals surface area contributed by atoms with Gasteiger partial charge >= 0.3 is 0 Å². The predicted octanol–water partition coefficient (Wildman–Crippen LogP) is 1.87. The molecule has 0 saturated heterocycles. The molecule has 1 aromatic heterocycles. The van der Waals surface area contributed by atoms with Crippen LogP contribution in [0.25, 0.3) is 0 Å². The van der Waals surface area contributed by atoms with Crippen molar-refractivity contribution in [3.8, 4) is 0 Å². The number of hydrogen-bond acceptors (Lipinski definition) is 3. The lowest BCUT2D eigenvalue weighted by molar-refractivity contribution is 0.593. The van der Waals surface area contributed by atoms with Crippen LogP contribution in [-0.2, 0) is 6.54 Å². The zero-order valence-corrected chi connectivity index (χ0v) is 9.07. The molecular formula is C10H11ClN4. The normalized spacial score (nSPS) is 10.5. The Hall–Kier alpha value is -1.55. The highest BCUT2D eigenvalue weighted by Crippen LogP contribution is 2.18. The summed E-state index contributed by atoms with van der Waals surface area (Å²) < 4.78 is 0. The topological polar surface area (TPSA) is 56.7 Å². The molecule has 0 aliphatic carbocycles. The summed E-state index contributed by atoms with van der Waals surface area (Å²) in [7, 11) is 0. The molecule has 0 aliphatic heterocycles. The summed E-state index contributed by atoms with van der Waals surface area (Å²) >= 11 is 6.09. The van der Waals surface area contributed by atoms with Gasteiger partial charge < -0.3 is 5.73 Å². The Bertz CT molecular complexity index is 478. The highest BCUT2D eigenvalue weighted by Gasteiger charge is 2.03. The van der Waals surface area contributed by atoms with Crippen molar-refractivity contribution in [2.75, 3.05) is 5.73 Å². The fourth-order valence-corrected chi connectivity index (χ4v) is 1.61. The Morgan fingerprint density at radius 1 is 1.47 bits per heavy atom. The van der Waals surface area contributed by atoms with Gasteiger partial charge in [-0.2, -0.15) is 9.90 Å². The first kappa shape index (κ1) is 9.98. The van der Waals surface area contributed by atoms with Crippen molar-refractivity contribution in [2.24, 2.45) is 0 Å². The molecular weight excluding hydrogens is 212 g/mol. The van der Waals surface area contributed by atoms with Gasteiger partial charge in [-0.15, -0.1) is 5.10 Å². The van der Waals surface area contributed by atoms with Gasteiger partial charge in [-0.1, -0.05) is 23.7 Å². The van der Waals surface area contributed by atoms with E-state index in [1.54, 1.807) is 0 Å². The molecule has 2 N–H and O–H groups in total. The van der Waals surface area contributed by atoms with E-state index in [1.165, 1.54) is 11.0 Å². The summed E-state index contributed by atoms with van der Waals surface area (Å²) in [6.45, 7) is 2.54. The Balaban J connectivity index is 2.24. The number of aromatic nitrogens is 3. The molecule has 0 atom stereocenters. The smallest absolute Gasteiger partial charge is 0.165 e. The standard InChI is InChI=1S/C10H11ClN4/c1-7-2-3-8(9(11)4-7)6-15-13-5-10(12)14-15/h2-5H,6H2,1H3,(H2,12,14). The molecule has 4 nitrogen and oxygen atoms in total. The van der Waals surface area contributed by atoms with Crippen molar-refractivity contribution >= 4 is 17.4 Å². The summed E-state index contributed by atoms with van der Waals surface area (Å²) in [5.41, 5.74) is 7.59. The summed E-state index contributed by atoms with van der Waals surface area (Å²) in [6.07, 6.45) is 1.52. The average Bonchev–Trinajstić information content (AvgIpc) is 2.56. The quantitative estimate of drug-likeness (QED) is 0.844. The number of hydrogen-bond donors (Lipinski definition) is 1. The molecule has 0 spiro atoms. The largest absolute Gasteiger partial charge is 0.381 e. The molecule has 1 aromatic carbocycles. The van der Waals surface area contributed by atoms with E-state index in [2.05, 4.69) is 10.2 Å². The number of halogens is 1. The van der Waals surface area contributed by atoms with Gasteiger partial charge in [0.15, 0.2) is 5.82 Å². The van der Waals surface area contributed by atoms with Crippen LogP contribution >= 0.6 is 11.6 Å². The van der Waals surface area contributed by atoms with Crippen LogP contribution in [0.15, 0.2) is 24.4 Å². The van der Waals surface area contributed by atoms with Crippen LogP contribution in [0.2, 0.25) is 5.02 Å². The summed E-state index contributed by atoms with van der Waals surface area (Å²) in [4.78, 5) is 1.52. The van der Waals surface area contributed by atoms with Crippen molar-refractivity contribution in [3.63, 3.8) is 0 Å². The Morgan fingerprint density at radius 2 is 2.27 bits per heavy atom. The third-order valence-electron chi connectivity index (χ3n) is 2.07. The molecule has 0 bridgehead atoms. The number of nitrogens with zero attached hydrogens (tertiary/aromatic N) is 3. The minimum atomic E-state index is 0.415. The molecule has 2 aromatic rings. The SMILES string of the molecule is Cc1ccc(Cn2ncc(N)n2)c(Cl)c1. The summed E-state index contributed by atoms with van der Waals surface area (Å²) in [5, 5.41) is 8.72. The molecule has 0 amide bonds. The van der Waals surface area contributed by atoms with E-state index in [9.17, 15) is 0 Å². The lowest BCUT2D eigenvalue weighted by Crippen LogP contribution is -2.04. The van der Waals surface area contributed by atoms with Gasteiger partial charge in [0.25, 0.3) is 0 Å². The first-order valence-electron chi connectivity index (χ1n) is 4.56. The molecule has 78 valence electrons. The van der Waals surface area contributed by atoms with Gasteiger partial charge in [-0.05, 0) is 24.1 Å². The van der Waals surface area contributed by atoms with Gasteiger partial charge in [0.2, 0.25) is 0 Å². The molecule has 0 saturated carbocycles. The molecule has 0 aliphatic rings. The van der Waals surface area contributed by atoms with Gasteiger partial charge in [0.05, 0.1) is 12.7 Å². The van der Waals surface area contributed by atoms with Gasteiger partial charge in [-0.3, -0.25) is 0 Å². The van der Waals surface area contributed by atoms with Crippen LogP contribution in [0, 0.1) is 6.92 Å². The van der Waals surface area contributed by atoms with Crippen LogP contribution in [0.5, 0.6) is 0 Å². The van der Waals surface area contributed by atoms with Gasteiger partial charge in [0.1, 0.15) is 0 Å². The number of aryl methyl sites for hydroxylation is 1. The van der Waals surface area contributed by atoms with E-state index in [1.807, 2.05) is 25.1 Å². The molecule has 0 unspecified atom stereocenters. The zero-order valence-electron chi connectivity index (χ0n) is 8.31. The number of benzene rings is 1. The van der Waals surface area contributed by atoms with Crippen LogP contribution in [-0.4, -0.2) is 15.0 Å². The number of anilines is 1. The van der Waals surface area contributed by atoms with Crippen LogP contribution in [0.3, 0.4) is 0 Å². The van der Waals surface area contributed by atoms with E-state index < -0.39 is 0 Å². The average molecular weight is 223 g/mol. The zero-order chi connectivity index (χ0) is 10.8. The molecule has 2 rings (SSSR count). The molecule has 1 heterocycles. The molecule has 5 heteroatoms. The first-order valence-corrected chi connectivity index (χ1v) is 4.93. The summed E-state index contributed by atoms with van der Waals surface area (Å²) in [5.74, 6) is 0.415. The van der Waals surface area contributed by atoms with E-state index in [0.717, 1.165) is 16.1 Å². The van der Waals surface area contributed by atoms with Gasteiger partial charge in [0, 0.05) is 5.02 Å². The fraction of sp³-hybridized carbons (Fsp3) is 0.200. The maximum Gasteiger partial charge on any atom is 0.165 e. The third kappa shape index (κ3) is 2.27. The molecule has 15 heavy (non-hydrogen) atoms. The van der Waals surface area contributed by atoms with Crippen LogP contribution < -0.4 is 5.73 Å². The number of nitrogen functional groups attached to an aromatic ring is 1. The van der Waals surface area contributed by atoms with Crippen LogP contribution in [0.4, 0.5) is 5.82 Å². The van der Waals surface area contributed by atoms with Crippen LogP contribution in [0.1, 0.15) is 11.1 Å². The lowest BCUT2D eigenvalue weighted by atomic mass is 10.1. The fourth-order valence-electron chi connectivity index (χ4n) is 1.32. The highest BCUT2D eigenvalue weighted by molar-refractivity contribution is 6.31. The Kier molecular flexibility index (Phi) is 2.60. The second kappa shape index (κ2) is 3.90. The van der Waals surface area contributed by atoms with E-state index >= 15 is 0 Å². The minimum absolute atomic E-state index is 0.415. The highest BCUT2D eigenvalue weighted by atomic mass is 35.5. The summed E-state index contributed by atoms with van der Waals surface area (Å²) in [6, 6.07) is 5.90. The third-order valence-corrected chi connectivity index (χ3v) is 2.43. The van der Waals surface area contributed by atoms with Crippen molar-refractivity contribution < 1.29 is 0 Å². The monoisotopic (exact) mass is 222 g/mol. The molecule has 0 radical (unpaired) electrons. The molecule has 0 fully saturated rings. The minimum Gasteiger partial charge on any atom is -0.381 e. The Labute approximate surface area is 92.7 Å². The predicted molar refractivity (Wildman–Crippen MR) is 59.7 cm³/mol.